The first-order valence-corrected chi connectivity index (χ1v) is 4.80. The van der Waals surface area contributed by atoms with Gasteiger partial charge in [-0.25, -0.2) is 4.79 Å². The van der Waals surface area contributed by atoms with Gasteiger partial charge < -0.3 is 5.11 Å². The van der Waals surface area contributed by atoms with Crippen LogP contribution in [0, 0.1) is 0 Å². The van der Waals surface area contributed by atoms with E-state index in [1.54, 1.807) is 0 Å². The number of aliphatic carboxylic acids is 1. The summed E-state index contributed by atoms with van der Waals surface area (Å²) in [5, 5.41) is 12.3. The molecule has 1 aliphatic rings. The highest BCUT2D eigenvalue weighted by molar-refractivity contribution is 5.81. The molecule has 3 nitrogen and oxygen atoms in total. The van der Waals surface area contributed by atoms with Crippen molar-refractivity contribution in [1.82, 2.24) is 5.32 Å². The predicted octanol–water partition coefficient (Wildman–Crippen LogP) is 1.35. The van der Waals surface area contributed by atoms with Crippen LogP contribution < -0.4 is 5.32 Å². The first kappa shape index (κ1) is 9.21. The summed E-state index contributed by atoms with van der Waals surface area (Å²) in [5.41, 5.74) is 0.00588. The lowest BCUT2D eigenvalue weighted by atomic mass is 9.88. The molecule has 1 aromatic carbocycles. The van der Waals surface area contributed by atoms with E-state index in [-0.39, 0.29) is 0 Å². The van der Waals surface area contributed by atoms with Crippen LogP contribution >= 0.6 is 0 Å². The first-order valence-electron chi connectivity index (χ1n) is 4.80. The summed E-state index contributed by atoms with van der Waals surface area (Å²) in [6.45, 7) is 0.779. The molecule has 0 saturated carbocycles. The zero-order valence-corrected chi connectivity index (χ0v) is 7.86. The fourth-order valence-corrected chi connectivity index (χ4v) is 2.02. The summed E-state index contributed by atoms with van der Waals surface area (Å²) in [4.78, 5) is 11.3. The van der Waals surface area contributed by atoms with Gasteiger partial charge in [0, 0.05) is 0 Å². The van der Waals surface area contributed by atoms with Crippen LogP contribution in [-0.4, -0.2) is 17.6 Å². The van der Waals surface area contributed by atoms with Crippen LogP contribution in [0.15, 0.2) is 30.3 Å². The third kappa shape index (κ3) is 1.30. The predicted molar refractivity (Wildman–Crippen MR) is 53.0 cm³/mol. The molecule has 74 valence electrons. The highest BCUT2D eigenvalue weighted by Gasteiger charge is 2.42. The molecule has 1 atom stereocenters. The van der Waals surface area contributed by atoms with Crippen molar-refractivity contribution in [1.29, 1.82) is 0 Å². The van der Waals surface area contributed by atoms with Crippen molar-refractivity contribution in [3.8, 4) is 0 Å². The Morgan fingerprint density at radius 3 is 2.57 bits per heavy atom. The average Bonchev–Trinajstić information content (AvgIpc) is 2.69. The number of carboxylic acid groups (broad SMARTS) is 1. The molecule has 1 aliphatic heterocycles. The molecule has 0 amide bonds. The Balaban J connectivity index is 2.42. The van der Waals surface area contributed by atoms with Crippen molar-refractivity contribution in [2.45, 2.75) is 18.4 Å². The number of carboxylic acids is 1. The first-order chi connectivity index (χ1) is 6.76. The van der Waals surface area contributed by atoms with Crippen molar-refractivity contribution >= 4 is 5.97 Å². The molecule has 1 saturated heterocycles. The fourth-order valence-electron chi connectivity index (χ4n) is 2.02. The molecule has 0 aromatic heterocycles. The van der Waals surface area contributed by atoms with Gasteiger partial charge in [-0.3, -0.25) is 5.32 Å². The summed E-state index contributed by atoms with van der Waals surface area (Å²) in [6.07, 6.45) is 1.59. The van der Waals surface area contributed by atoms with Crippen LogP contribution in [0.2, 0.25) is 0 Å². The second-order valence-corrected chi connectivity index (χ2v) is 3.61. The van der Waals surface area contributed by atoms with Gasteiger partial charge in [0.1, 0.15) is 5.54 Å². The summed E-state index contributed by atoms with van der Waals surface area (Å²) >= 11 is 0. The summed E-state index contributed by atoms with van der Waals surface area (Å²) in [6, 6.07) is 9.38. The van der Waals surface area contributed by atoms with E-state index in [4.69, 9.17) is 0 Å². The van der Waals surface area contributed by atoms with E-state index >= 15 is 0 Å². The molecule has 2 rings (SSSR count). The van der Waals surface area contributed by atoms with Gasteiger partial charge in [-0.05, 0) is 24.9 Å². The minimum atomic E-state index is -0.846. The quantitative estimate of drug-likeness (QED) is 0.741. The molecule has 1 fully saturated rings. The Labute approximate surface area is 82.8 Å². The highest BCUT2D eigenvalue weighted by atomic mass is 16.4. The van der Waals surface area contributed by atoms with E-state index in [0.29, 0.717) is 6.42 Å². The largest absolute Gasteiger partial charge is 0.480 e. The summed E-state index contributed by atoms with van der Waals surface area (Å²) in [7, 11) is 0. The molecule has 14 heavy (non-hydrogen) atoms. The molecular formula is C11H13NO2. The van der Waals surface area contributed by atoms with Crippen molar-refractivity contribution < 1.29 is 9.90 Å². The average molecular weight is 191 g/mol. The molecule has 2 N–H and O–H groups in total. The molecule has 1 aromatic rings. The van der Waals surface area contributed by atoms with Gasteiger partial charge in [0.15, 0.2) is 0 Å². The van der Waals surface area contributed by atoms with Crippen molar-refractivity contribution in [2.75, 3.05) is 6.54 Å². The minimum absolute atomic E-state index is 0.673. The number of rotatable bonds is 2. The monoisotopic (exact) mass is 191 g/mol. The van der Waals surface area contributed by atoms with E-state index in [1.165, 1.54) is 0 Å². The number of benzene rings is 1. The second kappa shape index (κ2) is 3.42. The van der Waals surface area contributed by atoms with Crippen LogP contribution in [0.3, 0.4) is 0 Å². The van der Waals surface area contributed by atoms with Gasteiger partial charge in [0.25, 0.3) is 0 Å². The van der Waals surface area contributed by atoms with Gasteiger partial charge in [0.05, 0.1) is 0 Å². The Morgan fingerprint density at radius 2 is 2.07 bits per heavy atom. The highest BCUT2D eigenvalue weighted by Crippen LogP contribution is 2.30. The summed E-state index contributed by atoms with van der Waals surface area (Å²) in [5.74, 6) is -0.777. The molecule has 1 unspecified atom stereocenters. The fraction of sp³-hybridized carbons (Fsp3) is 0.364. The van der Waals surface area contributed by atoms with Gasteiger partial charge in [0.2, 0.25) is 0 Å². The Hall–Kier alpha value is -1.35. The van der Waals surface area contributed by atoms with Crippen LogP contribution in [0.5, 0.6) is 0 Å². The van der Waals surface area contributed by atoms with Crippen LogP contribution in [0.4, 0.5) is 0 Å². The van der Waals surface area contributed by atoms with E-state index in [1.807, 2.05) is 30.3 Å². The Morgan fingerprint density at radius 1 is 1.36 bits per heavy atom. The van der Waals surface area contributed by atoms with Crippen LogP contribution in [0.25, 0.3) is 0 Å². The van der Waals surface area contributed by atoms with Gasteiger partial charge >= 0.3 is 5.97 Å². The van der Waals surface area contributed by atoms with Gasteiger partial charge in [-0.2, -0.15) is 0 Å². The zero-order valence-electron chi connectivity index (χ0n) is 7.86. The van der Waals surface area contributed by atoms with E-state index in [2.05, 4.69) is 5.32 Å². The third-order valence-corrected chi connectivity index (χ3v) is 2.79. The second-order valence-electron chi connectivity index (χ2n) is 3.61. The van der Waals surface area contributed by atoms with Gasteiger partial charge in [-0.1, -0.05) is 30.3 Å². The molecule has 3 heteroatoms. The lowest BCUT2D eigenvalue weighted by Gasteiger charge is -2.24. The van der Waals surface area contributed by atoms with Crippen LogP contribution in [-0.2, 0) is 10.3 Å². The lowest BCUT2D eigenvalue weighted by molar-refractivity contribution is -0.144. The Kier molecular flexibility index (Phi) is 2.25. The normalized spacial score (nSPS) is 26.3. The maximum atomic E-state index is 11.3. The molecule has 1 heterocycles. The number of nitrogens with one attached hydrogen (secondary N) is 1. The topological polar surface area (TPSA) is 49.3 Å². The molecule has 0 aliphatic carbocycles. The molecule has 0 bridgehead atoms. The van der Waals surface area contributed by atoms with E-state index < -0.39 is 11.5 Å². The maximum absolute atomic E-state index is 11.3. The molecular weight excluding hydrogens is 178 g/mol. The van der Waals surface area contributed by atoms with E-state index in [9.17, 15) is 9.90 Å². The number of hydrogen-bond acceptors (Lipinski definition) is 2. The maximum Gasteiger partial charge on any atom is 0.328 e. The van der Waals surface area contributed by atoms with E-state index in [0.717, 1.165) is 18.5 Å². The number of hydrogen-bond donors (Lipinski definition) is 2. The van der Waals surface area contributed by atoms with Crippen molar-refractivity contribution in [3.63, 3.8) is 0 Å². The number of carbonyl (C=O) groups is 1. The zero-order chi connectivity index (χ0) is 10.0. The SMILES string of the molecule is O=C(O)C1(c2ccccc2)CCCN1. The standard InChI is InChI=1S/C11H13NO2/c13-10(14)11(7-4-8-12-11)9-5-2-1-3-6-9/h1-3,5-6,12H,4,7-8H2,(H,13,14). The van der Waals surface area contributed by atoms with Crippen molar-refractivity contribution in [2.24, 2.45) is 0 Å². The molecule has 0 radical (unpaired) electrons. The summed E-state index contributed by atoms with van der Waals surface area (Å²) < 4.78 is 0. The molecule has 0 spiro atoms. The van der Waals surface area contributed by atoms with Crippen molar-refractivity contribution in [3.05, 3.63) is 35.9 Å². The third-order valence-electron chi connectivity index (χ3n) is 2.79. The lowest BCUT2D eigenvalue weighted by Crippen LogP contribution is -2.44. The van der Waals surface area contributed by atoms with Crippen LogP contribution in [0.1, 0.15) is 18.4 Å². The minimum Gasteiger partial charge on any atom is -0.480 e. The van der Waals surface area contributed by atoms with Gasteiger partial charge in [-0.15, -0.1) is 0 Å². The Bertz CT molecular complexity index is 328. The smallest absolute Gasteiger partial charge is 0.328 e.